The molecule has 0 aliphatic rings. The van der Waals surface area contributed by atoms with Crippen molar-refractivity contribution < 1.29 is 9.53 Å². The van der Waals surface area contributed by atoms with Crippen LogP contribution in [0.4, 0.5) is 5.69 Å². The van der Waals surface area contributed by atoms with Gasteiger partial charge >= 0.3 is 0 Å². The standard InChI is InChI=1S/C14H18ClNO2S2/c1-4-6-12(18-14(19)20-3)10-7-5-8-11(13(10)15)16-9(2)17/h5,7-8,12H,4,6H2,1-3H3,(H,16,17)/t12-/m1/s1. The topological polar surface area (TPSA) is 38.3 Å². The highest BCUT2D eigenvalue weighted by Crippen LogP contribution is 2.35. The third-order valence-electron chi connectivity index (χ3n) is 2.64. The molecule has 110 valence electrons. The molecule has 0 saturated heterocycles. The summed E-state index contributed by atoms with van der Waals surface area (Å²) in [7, 11) is 0. The van der Waals surface area contributed by atoms with Gasteiger partial charge in [0.2, 0.25) is 10.3 Å². The number of carbonyl (C=O) groups is 1. The van der Waals surface area contributed by atoms with Crippen LogP contribution in [0.2, 0.25) is 5.02 Å². The number of thioether (sulfide) groups is 1. The lowest BCUT2D eigenvalue weighted by Crippen LogP contribution is -2.11. The van der Waals surface area contributed by atoms with Crippen LogP contribution in [0.25, 0.3) is 0 Å². The first kappa shape index (κ1) is 17.3. The minimum Gasteiger partial charge on any atom is -0.470 e. The number of anilines is 1. The summed E-state index contributed by atoms with van der Waals surface area (Å²) in [6.45, 7) is 3.52. The lowest BCUT2D eigenvalue weighted by atomic mass is 10.0. The Bertz CT molecular complexity index is 494. The van der Waals surface area contributed by atoms with Crippen LogP contribution in [-0.2, 0) is 9.53 Å². The highest BCUT2D eigenvalue weighted by atomic mass is 35.5. The maximum atomic E-state index is 11.2. The number of rotatable bonds is 5. The lowest BCUT2D eigenvalue weighted by Gasteiger charge is -2.21. The number of thiocarbonyl (C=S) groups is 1. The average molecular weight is 332 g/mol. The van der Waals surface area contributed by atoms with E-state index in [9.17, 15) is 4.79 Å². The van der Waals surface area contributed by atoms with Crippen LogP contribution >= 0.6 is 35.6 Å². The van der Waals surface area contributed by atoms with Gasteiger partial charge in [-0.25, -0.2) is 0 Å². The number of hydrogen-bond acceptors (Lipinski definition) is 4. The van der Waals surface area contributed by atoms with Crippen LogP contribution in [0.3, 0.4) is 0 Å². The number of ether oxygens (including phenoxy) is 1. The van der Waals surface area contributed by atoms with E-state index in [1.165, 1.54) is 18.7 Å². The highest BCUT2D eigenvalue weighted by Gasteiger charge is 2.19. The molecule has 0 heterocycles. The highest BCUT2D eigenvalue weighted by molar-refractivity contribution is 8.22. The number of amides is 1. The molecule has 1 amide bonds. The average Bonchev–Trinajstić information content (AvgIpc) is 2.40. The zero-order chi connectivity index (χ0) is 15.1. The Morgan fingerprint density at radius 2 is 2.25 bits per heavy atom. The van der Waals surface area contributed by atoms with Crippen molar-refractivity contribution in [3.8, 4) is 0 Å². The van der Waals surface area contributed by atoms with Gasteiger partial charge < -0.3 is 10.1 Å². The number of carbonyl (C=O) groups excluding carboxylic acids is 1. The summed E-state index contributed by atoms with van der Waals surface area (Å²) in [4.78, 5) is 11.2. The van der Waals surface area contributed by atoms with Gasteiger partial charge in [0.25, 0.3) is 0 Å². The lowest BCUT2D eigenvalue weighted by molar-refractivity contribution is -0.114. The molecule has 1 rings (SSSR count). The van der Waals surface area contributed by atoms with Crippen molar-refractivity contribution >= 4 is 51.6 Å². The molecule has 0 aliphatic heterocycles. The fourth-order valence-electron chi connectivity index (χ4n) is 1.79. The van der Waals surface area contributed by atoms with Crippen LogP contribution < -0.4 is 5.32 Å². The molecule has 1 aromatic carbocycles. The maximum Gasteiger partial charge on any atom is 0.221 e. The van der Waals surface area contributed by atoms with E-state index >= 15 is 0 Å². The summed E-state index contributed by atoms with van der Waals surface area (Å²) in [6, 6.07) is 5.51. The molecule has 3 nitrogen and oxygen atoms in total. The van der Waals surface area contributed by atoms with Crippen LogP contribution in [0.5, 0.6) is 0 Å². The normalized spacial score (nSPS) is 11.8. The first-order valence-electron chi connectivity index (χ1n) is 6.30. The third kappa shape index (κ3) is 4.96. The van der Waals surface area contributed by atoms with Gasteiger partial charge in [-0.15, -0.1) is 0 Å². The Hall–Kier alpha value is -0.780. The van der Waals surface area contributed by atoms with Crippen LogP contribution in [0, 0.1) is 0 Å². The number of halogens is 1. The van der Waals surface area contributed by atoms with Gasteiger partial charge in [-0.05, 0) is 31.0 Å². The van der Waals surface area contributed by atoms with Gasteiger partial charge in [0, 0.05) is 12.5 Å². The van der Waals surface area contributed by atoms with Crippen LogP contribution in [0.1, 0.15) is 38.4 Å². The predicted octanol–water partition coefficient (Wildman–Crippen LogP) is 4.80. The van der Waals surface area contributed by atoms with Crippen LogP contribution in [0.15, 0.2) is 18.2 Å². The first-order valence-corrected chi connectivity index (χ1v) is 8.31. The molecular formula is C14H18ClNO2S2. The van der Waals surface area contributed by atoms with E-state index in [4.69, 9.17) is 28.6 Å². The minimum absolute atomic E-state index is 0.156. The van der Waals surface area contributed by atoms with Gasteiger partial charge in [-0.3, -0.25) is 4.79 Å². The fraction of sp³-hybridized carbons (Fsp3) is 0.429. The predicted molar refractivity (Wildman–Crippen MR) is 90.6 cm³/mol. The number of nitrogens with one attached hydrogen (secondary N) is 1. The van der Waals surface area contributed by atoms with E-state index in [1.54, 1.807) is 6.07 Å². The minimum atomic E-state index is -0.193. The molecule has 20 heavy (non-hydrogen) atoms. The monoisotopic (exact) mass is 331 g/mol. The van der Waals surface area contributed by atoms with E-state index in [-0.39, 0.29) is 12.0 Å². The molecule has 0 aliphatic carbocycles. The Labute approximate surface area is 134 Å². The number of hydrogen-bond donors (Lipinski definition) is 1. The fourth-order valence-corrected chi connectivity index (χ4v) is 2.41. The molecule has 0 aromatic heterocycles. The smallest absolute Gasteiger partial charge is 0.221 e. The van der Waals surface area contributed by atoms with Gasteiger partial charge in [0.05, 0.1) is 10.7 Å². The van der Waals surface area contributed by atoms with E-state index < -0.39 is 0 Å². The summed E-state index contributed by atoms with van der Waals surface area (Å²) in [5.41, 5.74) is 1.44. The van der Waals surface area contributed by atoms with Crippen molar-refractivity contribution in [3.05, 3.63) is 28.8 Å². The zero-order valence-corrected chi connectivity index (χ0v) is 14.1. The van der Waals surface area contributed by atoms with Gasteiger partial charge in [-0.1, -0.05) is 48.8 Å². The molecule has 0 saturated carbocycles. The van der Waals surface area contributed by atoms with Gasteiger partial charge in [-0.2, -0.15) is 0 Å². The number of benzene rings is 1. The Morgan fingerprint density at radius 3 is 2.80 bits per heavy atom. The molecule has 0 unspecified atom stereocenters. The molecule has 0 bridgehead atoms. The SMILES string of the molecule is CCC[C@@H](OC(=S)SC)c1cccc(NC(C)=O)c1Cl. The third-order valence-corrected chi connectivity index (χ3v) is 4.09. The molecule has 1 aromatic rings. The van der Waals surface area contributed by atoms with E-state index in [0.29, 0.717) is 15.1 Å². The summed E-state index contributed by atoms with van der Waals surface area (Å²) in [5, 5.41) is 3.22. The molecule has 0 radical (unpaired) electrons. The summed E-state index contributed by atoms with van der Waals surface area (Å²) < 4.78 is 6.25. The van der Waals surface area contributed by atoms with E-state index in [2.05, 4.69) is 12.2 Å². The molecule has 1 N–H and O–H groups in total. The Kier molecular flexibility index (Phi) is 7.34. The summed E-state index contributed by atoms with van der Waals surface area (Å²) >= 11 is 12.9. The van der Waals surface area contributed by atoms with Crippen molar-refractivity contribution in [1.29, 1.82) is 0 Å². The van der Waals surface area contributed by atoms with Crippen molar-refractivity contribution in [2.45, 2.75) is 32.8 Å². The van der Waals surface area contributed by atoms with Crippen molar-refractivity contribution in [1.82, 2.24) is 0 Å². The molecule has 0 fully saturated rings. The quantitative estimate of drug-likeness (QED) is 0.786. The zero-order valence-electron chi connectivity index (χ0n) is 11.7. The van der Waals surface area contributed by atoms with Crippen LogP contribution in [-0.4, -0.2) is 16.5 Å². The second-order valence-electron chi connectivity index (χ2n) is 4.24. The molecular weight excluding hydrogens is 314 g/mol. The van der Waals surface area contributed by atoms with Gasteiger partial charge in [0.1, 0.15) is 6.10 Å². The summed E-state index contributed by atoms with van der Waals surface area (Å²) in [5.74, 6) is -0.156. The van der Waals surface area contributed by atoms with E-state index in [1.807, 2.05) is 18.4 Å². The largest absolute Gasteiger partial charge is 0.470 e. The molecule has 0 spiro atoms. The first-order chi connectivity index (χ1) is 9.49. The molecule has 6 heteroatoms. The van der Waals surface area contributed by atoms with Gasteiger partial charge in [0.15, 0.2) is 0 Å². The molecule has 1 atom stereocenters. The maximum absolute atomic E-state index is 11.2. The second-order valence-corrected chi connectivity index (χ2v) is 6.03. The Morgan fingerprint density at radius 1 is 1.55 bits per heavy atom. The van der Waals surface area contributed by atoms with Crippen molar-refractivity contribution in [2.75, 3.05) is 11.6 Å². The Balaban J connectivity index is 3.06. The van der Waals surface area contributed by atoms with Crippen molar-refractivity contribution in [3.63, 3.8) is 0 Å². The van der Waals surface area contributed by atoms with E-state index in [0.717, 1.165) is 18.4 Å². The summed E-state index contributed by atoms with van der Waals surface area (Å²) in [6.07, 6.45) is 3.44. The van der Waals surface area contributed by atoms with Crippen molar-refractivity contribution in [2.24, 2.45) is 0 Å². The second kappa shape index (κ2) is 8.49.